The number of hydrogen-bond donors (Lipinski definition) is 2. The van der Waals surface area contributed by atoms with E-state index in [1.54, 1.807) is 6.07 Å². The Bertz CT molecular complexity index is 1210. The summed E-state index contributed by atoms with van der Waals surface area (Å²) in [7, 11) is -2.08. The summed E-state index contributed by atoms with van der Waals surface area (Å²) < 4.78 is 58.5. The molecule has 0 atom stereocenters. The van der Waals surface area contributed by atoms with Crippen LogP contribution in [0.5, 0.6) is 0 Å². The number of hydrogen-bond acceptors (Lipinski definition) is 6. The highest BCUT2D eigenvalue weighted by Gasteiger charge is 2.27. The largest absolute Gasteiger partial charge is 0.368 e. The minimum atomic E-state index is -3.97. The summed E-state index contributed by atoms with van der Waals surface area (Å²) in [6.07, 6.45) is 1.46. The van der Waals surface area contributed by atoms with E-state index in [1.165, 1.54) is 22.6 Å². The lowest BCUT2D eigenvalue weighted by molar-refractivity contribution is 0.223. The molecule has 1 aliphatic heterocycles. The van der Waals surface area contributed by atoms with Crippen molar-refractivity contribution in [1.82, 2.24) is 19.2 Å². The van der Waals surface area contributed by atoms with Crippen LogP contribution in [0.4, 0.5) is 20.4 Å². The predicted octanol–water partition coefficient (Wildman–Crippen LogP) is 2.06. The Labute approximate surface area is 172 Å². The number of aromatic nitrogens is 2. The van der Waals surface area contributed by atoms with E-state index in [4.69, 9.17) is 5.73 Å². The second-order valence-corrected chi connectivity index (χ2v) is 8.77. The van der Waals surface area contributed by atoms with Gasteiger partial charge in [-0.15, -0.1) is 0 Å². The molecular formula is C19H20F2N6O2S. The van der Waals surface area contributed by atoms with Gasteiger partial charge in [0.2, 0.25) is 5.95 Å². The summed E-state index contributed by atoms with van der Waals surface area (Å²) in [6.45, 7) is 1.72. The SMILES string of the molecule is CN1CCN(S(=O)(=O)Nc2ccc(F)c(-c3ccc4nc(N)ncc4c3)c2F)CC1. The Hall–Kier alpha value is -2.89. The quantitative estimate of drug-likeness (QED) is 0.651. The van der Waals surface area contributed by atoms with Gasteiger partial charge in [-0.1, -0.05) is 6.07 Å². The highest BCUT2D eigenvalue weighted by Crippen LogP contribution is 2.33. The van der Waals surface area contributed by atoms with E-state index in [0.29, 0.717) is 24.0 Å². The molecule has 2 heterocycles. The van der Waals surface area contributed by atoms with Gasteiger partial charge in [-0.25, -0.2) is 18.7 Å². The fraction of sp³-hybridized carbons (Fsp3) is 0.263. The number of likely N-dealkylation sites (N-methyl/N-ethyl adjacent to an activating group) is 1. The average Bonchev–Trinajstić information content (AvgIpc) is 2.70. The van der Waals surface area contributed by atoms with Gasteiger partial charge in [-0.05, 0) is 36.9 Å². The number of fused-ring (bicyclic) bond motifs is 1. The Balaban J connectivity index is 1.69. The van der Waals surface area contributed by atoms with Crippen LogP contribution in [0, 0.1) is 11.6 Å². The van der Waals surface area contributed by atoms with Crippen molar-refractivity contribution in [3.63, 3.8) is 0 Å². The maximum Gasteiger partial charge on any atom is 0.301 e. The zero-order valence-corrected chi connectivity index (χ0v) is 17.0. The van der Waals surface area contributed by atoms with Crippen molar-refractivity contribution < 1.29 is 17.2 Å². The average molecular weight is 434 g/mol. The molecule has 0 unspecified atom stereocenters. The molecule has 3 N–H and O–H groups in total. The normalized spacial score (nSPS) is 16.1. The Morgan fingerprint density at radius 2 is 1.83 bits per heavy atom. The summed E-state index contributed by atoms with van der Waals surface area (Å²) >= 11 is 0. The number of piperazine rings is 1. The molecule has 0 bridgehead atoms. The molecule has 11 heteroatoms. The first-order chi connectivity index (χ1) is 14.2. The molecule has 1 fully saturated rings. The molecule has 0 spiro atoms. The molecular weight excluding hydrogens is 414 g/mol. The van der Waals surface area contributed by atoms with E-state index >= 15 is 4.39 Å². The monoisotopic (exact) mass is 434 g/mol. The number of anilines is 2. The second kappa shape index (κ2) is 7.74. The number of nitrogens with two attached hydrogens (primary N) is 1. The van der Waals surface area contributed by atoms with Crippen LogP contribution in [0.25, 0.3) is 22.0 Å². The number of rotatable bonds is 4. The fourth-order valence-corrected chi connectivity index (χ4v) is 4.54. The van der Waals surface area contributed by atoms with Gasteiger partial charge in [0, 0.05) is 37.8 Å². The lowest BCUT2D eigenvalue weighted by atomic mass is 10.0. The van der Waals surface area contributed by atoms with Gasteiger partial charge in [-0.3, -0.25) is 4.72 Å². The highest BCUT2D eigenvalue weighted by atomic mass is 32.2. The van der Waals surface area contributed by atoms with Crippen molar-refractivity contribution in [3.8, 4) is 11.1 Å². The highest BCUT2D eigenvalue weighted by molar-refractivity contribution is 7.90. The third-order valence-electron chi connectivity index (χ3n) is 5.02. The van der Waals surface area contributed by atoms with E-state index in [9.17, 15) is 12.8 Å². The molecule has 0 radical (unpaired) electrons. The van der Waals surface area contributed by atoms with Gasteiger partial charge < -0.3 is 10.6 Å². The van der Waals surface area contributed by atoms with Crippen molar-refractivity contribution >= 4 is 32.7 Å². The van der Waals surface area contributed by atoms with E-state index in [2.05, 4.69) is 14.7 Å². The van der Waals surface area contributed by atoms with Crippen LogP contribution in [0.1, 0.15) is 0 Å². The van der Waals surface area contributed by atoms with Crippen molar-refractivity contribution in [2.75, 3.05) is 43.7 Å². The van der Waals surface area contributed by atoms with Gasteiger partial charge in [0.25, 0.3) is 0 Å². The predicted molar refractivity (Wildman–Crippen MR) is 111 cm³/mol. The maximum atomic E-state index is 15.2. The van der Waals surface area contributed by atoms with Gasteiger partial charge in [0.15, 0.2) is 5.82 Å². The Kier molecular flexibility index (Phi) is 5.26. The number of benzene rings is 2. The van der Waals surface area contributed by atoms with Crippen LogP contribution < -0.4 is 10.5 Å². The minimum Gasteiger partial charge on any atom is -0.368 e. The molecule has 8 nitrogen and oxygen atoms in total. The van der Waals surface area contributed by atoms with Crippen molar-refractivity contribution in [2.24, 2.45) is 0 Å². The number of halogens is 2. The smallest absolute Gasteiger partial charge is 0.301 e. The molecule has 158 valence electrons. The van der Waals surface area contributed by atoms with Crippen LogP contribution in [0.3, 0.4) is 0 Å². The molecule has 0 amide bonds. The lowest BCUT2D eigenvalue weighted by Gasteiger charge is -2.31. The van der Waals surface area contributed by atoms with E-state index < -0.39 is 21.8 Å². The Morgan fingerprint density at radius 1 is 1.10 bits per heavy atom. The van der Waals surface area contributed by atoms with Gasteiger partial charge in [0.1, 0.15) is 5.82 Å². The summed E-state index contributed by atoms with van der Waals surface area (Å²) in [4.78, 5) is 9.95. The van der Waals surface area contributed by atoms with Crippen LogP contribution in [-0.2, 0) is 10.2 Å². The van der Waals surface area contributed by atoms with Crippen LogP contribution >= 0.6 is 0 Å². The third-order valence-corrected chi connectivity index (χ3v) is 6.54. The number of nitrogens with one attached hydrogen (secondary N) is 1. The van der Waals surface area contributed by atoms with Crippen molar-refractivity contribution in [3.05, 3.63) is 48.2 Å². The van der Waals surface area contributed by atoms with Crippen molar-refractivity contribution in [2.45, 2.75) is 0 Å². The molecule has 3 aromatic rings. The number of nitrogens with zero attached hydrogens (tertiary/aromatic N) is 4. The lowest BCUT2D eigenvalue weighted by Crippen LogP contribution is -2.48. The molecule has 0 aliphatic carbocycles. The topological polar surface area (TPSA) is 104 Å². The summed E-state index contributed by atoms with van der Waals surface area (Å²) in [5, 5.41) is 0.545. The Morgan fingerprint density at radius 3 is 2.57 bits per heavy atom. The maximum absolute atomic E-state index is 15.2. The molecule has 1 aromatic heterocycles. The molecule has 4 rings (SSSR count). The third kappa shape index (κ3) is 3.91. The molecule has 1 saturated heterocycles. The van der Waals surface area contributed by atoms with E-state index in [0.717, 1.165) is 12.1 Å². The summed E-state index contributed by atoms with van der Waals surface area (Å²) in [6, 6.07) is 6.70. The summed E-state index contributed by atoms with van der Waals surface area (Å²) in [5.41, 5.74) is 5.65. The first-order valence-electron chi connectivity index (χ1n) is 9.22. The van der Waals surface area contributed by atoms with Crippen LogP contribution in [0.15, 0.2) is 36.5 Å². The zero-order chi connectivity index (χ0) is 21.5. The van der Waals surface area contributed by atoms with Crippen LogP contribution in [-0.4, -0.2) is 60.8 Å². The molecule has 30 heavy (non-hydrogen) atoms. The van der Waals surface area contributed by atoms with Crippen molar-refractivity contribution in [1.29, 1.82) is 0 Å². The van der Waals surface area contributed by atoms with Gasteiger partial charge in [-0.2, -0.15) is 12.7 Å². The zero-order valence-electron chi connectivity index (χ0n) is 16.1. The molecule has 0 saturated carbocycles. The second-order valence-electron chi connectivity index (χ2n) is 7.10. The summed E-state index contributed by atoms with van der Waals surface area (Å²) in [5.74, 6) is -1.72. The molecule has 2 aromatic carbocycles. The van der Waals surface area contributed by atoms with E-state index in [-0.39, 0.29) is 35.9 Å². The van der Waals surface area contributed by atoms with Crippen LogP contribution in [0.2, 0.25) is 0 Å². The first kappa shape index (κ1) is 20.4. The molecule has 1 aliphatic rings. The first-order valence-corrected chi connectivity index (χ1v) is 10.7. The van der Waals surface area contributed by atoms with Gasteiger partial charge in [0.05, 0.1) is 16.8 Å². The number of nitrogen functional groups attached to an aromatic ring is 1. The minimum absolute atomic E-state index is 0.0907. The van der Waals surface area contributed by atoms with Gasteiger partial charge >= 0.3 is 10.2 Å². The van der Waals surface area contributed by atoms with E-state index in [1.807, 2.05) is 11.9 Å². The standard InChI is InChI=1S/C19H20F2N6O2S/c1-26-6-8-27(9-7-26)30(28,29)25-16-5-3-14(20)17(18(16)21)12-2-4-15-13(10-12)11-23-19(22)24-15/h2-5,10-11,25H,6-9H2,1H3,(H2,22,23,24). The fourth-order valence-electron chi connectivity index (χ4n) is 3.33.